The Labute approximate surface area is 92.9 Å². The molecule has 1 aromatic rings. The number of methoxy groups -OCH3 is 1. The smallest absolute Gasteiger partial charge is 0.0462 e. The van der Waals surface area contributed by atoms with E-state index < -0.39 is 0 Å². The number of benzene rings is 1. The lowest BCUT2D eigenvalue weighted by atomic mass is 10.2. The zero-order valence-corrected chi connectivity index (χ0v) is 9.99. The van der Waals surface area contributed by atoms with Gasteiger partial charge in [-0.2, -0.15) is 0 Å². The van der Waals surface area contributed by atoms with Gasteiger partial charge in [0, 0.05) is 33.0 Å². The molecule has 1 aromatic carbocycles. The molecule has 0 aromatic heterocycles. The van der Waals surface area contributed by atoms with Gasteiger partial charge in [0.25, 0.3) is 0 Å². The van der Waals surface area contributed by atoms with Crippen molar-refractivity contribution in [2.45, 2.75) is 19.8 Å². The summed E-state index contributed by atoms with van der Waals surface area (Å²) in [4.78, 5) is 2.29. The first-order chi connectivity index (χ1) is 7.24. The number of hydrogen-bond acceptors (Lipinski definition) is 2. The van der Waals surface area contributed by atoms with Crippen LogP contribution >= 0.6 is 0 Å². The van der Waals surface area contributed by atoms with Crippen LogP contribution in [0.15, 0.2) is 24.3 Å². The summed E-state index contributed by atoms with van der Waals surface area (Å²) in [5, 5.41) is 0. The van der Waals surface area contributed by atoms with E-state index in [1.807, 2.05) is 0 Å². The molecule has 0 saturated heterocycles. The number of rotatable bonds is 6. The maximum Gasteiger partial charge on any atom is 0.0462 e. The summed E-state index contributed by atoms with van der Waals surface area (Å²) in [6.45, 7) is 4.07. The molecular weight excluding hydrogens is 186 g/mol. The third-order valence-corrected chi connectivity index (χ3v) is 2.57. The average Bonchev–Trinajstić information content (AvgIpc) is 2.25. The van der Waals surface area contributed by atoms with Crippen molar-refractivity contribution in [2.75, 3.05) is 32.2 Å². The van der Waals surface area contributed by atoms with E-state index >= 15 is 0 Å². The minimum absolute atomic E-state index is 0.863. The summed E-state index contributed by atoms with van der Waals surface area (Å²) in [5.74, 6) is 0. The van der Waals surface area contributed by atoms with Crippen molar-refractivity contribution in [3.8, 4) is 0 Å². The highest BCUT2D eigenvalue weighted by molar-refractivity contribution is 5.46. The highest BCUT2D eigenvalue weighted by Crippen LogP contribution is 2.13. The third-order valence-electron chi connectivity index (χ3n) is 2.57. The van der Waals surface area contributed by atoms with Crippen LogP contribution in [-0.4, -0.2) is 27.3 Å². The first kappa shape index (κ1) is 12.1. The lowest BCUT2D eigenvalue weighted by Gasteiger charge is -2.19. The van der Waals surface area contributed by atoms with Gasteiger partial charge in [0.2, 0.25) is 0 Å². The van der Waals surface area contributed by atoms with Crippen LogP contribution in [0.4, 0.5) is 5.69 Å². The normalized spacial score (nSPS) is 10.3. The van der Waals surface area contributed by atoms with Gasteiger partial charge in [-0.15, -0.1) is 0 Å². The van der Waals surface area contributed by atoms with E-state index in [-0.39, 0.29) is 0 Å². The molecule has 0 aliphatic carbocycles. The molecule has 15 heavy (non-hydrogen) atoms. The lowest BCUT2D eigenvalue weighted by Crippen LogP contribution is -2.18. The Kier molecular flexibility index (Phi) is 5.19. The van der Waals surface area contributed by atoms with Crippen molar-refractivity contribution < 1.29 is 4.74 Å². The van der Waals surface area contributed by atoms with Gasteiger partial charge in [-0.25, -0.2) is 0 Å². The first-order valence-corrected chi connectivity index (χ1v) is 5.51. The Balaban J connectivity index is 2.33. The second-order valence-electron chi connectivity index (χ2n) is 3.96. The molecule has 0 atom stereocenters. The van der Waals surface area contributed by atoms with Crippen molar-refractivity contribution in [1.82, 2.24) is 0 Å². The molecule has 0 N–H and O–H groups in total. The third kappa shape index (κ3) is 4.34. The van der Waals surface area contributed by atoms with Gasteiger partial charge in [0.15, 0.2) is 0 Å². The standard InChI is InChI=1S/C13H21NO/c1-12-6-8-13(9-7-12)14(2)10-4-5-11-15-3/h6-9H,4-5,10-11H2,1-3H3. The molecule has 0 aliphatic rings. The van der Waals surface area contributed by atoms with E-state index in [0.29, 0.717) is 0 Å². The fourth-order valence-corrected chi connectivity index (χ4v) is 1.52. The van der Waals surface area contributed by atoms with E-state index in [4.69, 9.17) is 4.74 Å². The van der Waals surface area contributed by atoms with E-state index in [9.17, 15) is 0 Å². The quantitative estimate of drug-likeness (QED) is 0.665. The van der Waals surface area contributed by atoms with Crippen molar-refractivity contribution in [2.24, 2.45) is 0 Å². The summed E-state index contributed by atoms with van der Waals surface area (Å²) < 4.78 is 5.03. The van der Waals surface area contributed by atoms with E-state index in [1.54, 1.807) is 7.11 Å². The largest absolute Gasteiger partial charge is 0.385 e. The maximum absolute atomic E-state index is 5.03. The van der Waals surface area contributed by atoms with Crippen LogP contribution in [-0.2, 0) is 4.74 Å². The summed E-state index contributed by atoms with van der Waals surface area (Å²) in [6, 6.07) is 8.65. The lowest BCUT2D eigenvalue weighted by molar-refractivity contribution is 0.193. The number of aryl methyl sites for hydroxylation is 1. The molecule has 0 fully saturated rings. The van der Waals surface area contributed by atoms with Gasteiger partial charge in [0.1, 0.15) is 0 Å². The summed E-state index contributed by atoms with van der Waals surface area (Å²) >= 11 is 0. The van der Waals surface area contributed by atoms with E-state index in [1.165, 1.54) is 17.7 Å². The van der Waals surface area contributed by atoms with E-state index in [0.717, 1.165) is 19.6 Å². The second-order valence-corrected chi connectivity index (χ2v) is 3.96. The highest BCUT2D eigenvalue weighted by Gasteiger charge is 1.99. The Hall–Kier alpha value is -1.02. The van der Waals surface area contributed by atoms with Gasteiger partial charge >= 0.3 is 0 Å². The van der Waals surface area contributed by atoms with Crippen LogP contribution in [0.1, 0.15) is 18.4 Å². The molecule has 0 radical (unpaired) electrons. The second kappa shape index (κ2) is 6.46. The molecule has 0 unspecified atom stereocenters. The van der Waals surface area contributed by atoms with Gasteiger partial charge in [0.05, 0.1) is 0 Å². The molecule has 2 heteroatoms. The fourth-order valence-electron chi connectivity index (χ4n) is 1.52. The minimum atomic E-state index is 0.863. The number of nitrogens with zero attached hydrogens (tertiary/aromatic N) is 1. The van der Waals surface area contributed by atoms with Crippen LogP contribution in [0, 0.1) is 6.92 Å². The van der Waals surface area contributed by atoms with Crippen LogP contribution in [0.5, 0.6) is 0 Å². The Bertz CT molecular complexity index is 268. The summed E-state index contributed by atoms with van der Waals surface area (Å²) in [7, 11) is 3.89. The molecule has 84 valence electrons. The SMILES string of the molecule is COCCCCN(C)c1ccc(C)cc1. The summed E-state index contributed by atoms with van der Waals surface area (Å²) in [5.41, 5.74) is 2.60. The Morgan fingerprint density at radius 1 is 1.13 bits per heavy atom. The van der Waals surface area contributed by atoms with Gasteiger partial charge in [-0.1, -0.05) is 17.7 Å². The van der Waals surface area contributed by atoms with Gasteiger partial charge < -0.3 is 9.64 Å². The molecule has 0 bridgehead atoms. The minimum Gasteiger partial charge on any atom is -0.385 e. The van der Waals surface area contributed by atoms with Crippen molar-refractivity contribution >= 4 is 5.69 Å². The van der Waals surface area contributed by atoms with Gasteiger partial charge in [-0.05, 0) is 31.9 Å². The van der Waals surface area contributed by atoms with Crippen LogP contribution in [0.2, 0.25) is 0 Å². The van der Waals surface area contributed by atoms with Gasteiger partial charge in [-0.3, -0.25) is 0 Å². The van der Waals surface area contributed by atoms with Crippen LogP contribution in [0.25, 0.3) is 0 Å². The molecule has 0 saturated carbocycles. The van der Waals surface area contributed by atoms with Crippen molar-refractivity contribution in [1.29, 1.82) is 0 Å². The molecule has 1 rings (SSSR count). The zero-order chi connectivity index (χ0) is 11.1. The molecule has 2 nitrogen and oxygen atoms in total. The number of anilines is 1. The van der Waals surface area contributed by atoms with Crippen LogP contribution in [0.3, 0.4) is 0 Å². The molecule has 0 aliphatic heterocycles. The molecule has 0 amide bonds. The molecular formula is C13H21NO. The molecule has 0 spiro atoms. The predicted molar refractivity (Wildman–Crippen MR) is 65.6 cm³/mol. The van der Waals surface area contributed by atoms with Crippen molar-refractivity contribution in [3.05, 3.63) is 29.8 Å². The van der Waals surface area contributed by atoms with Crippen LogP contribution < -0.4 is 4.90 Å². The number of unbranched alkanes of at least 4 members (excludes halogenated alkanes) is 1. The topological polar surface area (TPSA) is 12.5 Å². The Morgan fingerprint density at radius 3 is 2.40 bits per heavy atom. The first-order valence-electron chi connectivity index (χ1n) is 5.51. The predicted octanol–water partition coefficient (Wildman–Crippen LogP) is 2.86. The maximum atomic E-state index is 5.03. The molecule has 0 heterocycles. The monoisotopic (exact) mass is 207 g/mol. The average molecular weight is 207 g/mol. The number of hydrogen-bond donors (Lipinski definition) is 0. The highest BCUT2D eigenvalue weighted by atomic mass is 16.5. The summed E-state index contributed by atoms with van der Waals surface area (Å²) in [6.07, 6.45) is 2.31. The fraction of sp³-hybridized carbons (Fsp3) is 0.538. The van der Waals surface area contributed by atoms with E-state index in [2.05, 4.69) is 43.1 Å². The number of ether oxygens (including phenoxy) is 1. The van der Waals surface area contributed by atoms with Crippen molar-refractivity contribution in [3.63, 3.8) is 0 Å². The Morgan fingerprint density at radius 2 is 1.80 bits per heavy atom. The zero-order valence-electron chi connectivity index (χ0n) is 9.99.